The Morgan fingerprint density at radius 3 is 2.56 bits per heavy atom. The number of halogens is 3. The summed E-state index contributed by atoms with van der Waals surface area (Å²) in [5.41, 5.74) is -0.197. The van der Waals surface area contributed by atoms with Gasteiger partial charge >= 0.3 is 12.1 Å². The minimum absolute atomic E-state index is 0.0117. The number of aromatic nitrogens is 1. The SMILES string of the molecule is CCC(=O)OCc1ccc(C(=O)Nc2cccc(C(F)(F)F)c2)cn1. The van der Waals surface area contributed by atoms with Crippen molar-refractivity contribution in [2.45, 2.75) is 26.1 Å². The second-order valence-electron chi connectivity index (χ2n) is 5.09. The minimum Gasteiger partial charge on any atom is -0.459 e. The van der Waals surface area contributed by atoms with E-state index in [9.17, 15) is 22.8 Å². The topological polar surface area (TPSA) is 68.3 Å². The van der Waals surface area contributed by atoms with Crippen molar-refractivity contribution in [1.82, 2.24) is 4.98 Å². The van der Waals surface area contributed by atoms with Crippen molar-refractivity contribution >= 4 is 17.6 Å². The van der Waals surface area contributed by atoms with E-state index in [0.29, 0.717) is 5.69 Å². The number of carbonyl (C=O) groups is 2. The standard InChI is InChI=1S/C17H15F3N2O3/c1-2-15(23)25-10-14-7-6-11(9-21-14)16(24)22-13-5-3-4-12(8-13)17(18,19)20/h3-9H,2,10H2,1H3,(H,22,24). The molecule has 132 valence electrons. The largest absolute Gasteiger partial charge is 0.459 e. The van der Waals surface area contributed by atoms with E-state index in [1.165, 1.54) is 30.5 Å². The molecule has 0 saturated carbocycles. The first-order valence-electron chi connectivity index (χ1n) is 7.38. The van der Waals surface area contributed by atoms with Gasteiger partial charge in [0.1, 0.15) is 6.61 Å². The Morgan fingerprint density at radius 2 is 1.96 bits per heavy atom. The fourth-order valence-corrected chi connectivity index (χ4v) is 1.88. The van der Waals surface area contributed by atoms with E-state index >= 15 is 0 Å². The molecule has 0 unspecified atom stereocenters. The number of amides is 1. The highest BCUT2D eigenvalue weighted by Gasteiger charge is 2.30. The van der Waals surface area contributed by atoms with Crippen LogP contribution in [0.4, 0.5) is 18.9 Å². The van der Waals surface area contributed by atoms with E-state index in [1.54, 1.807) is 6.92 Å². The first-order valence-corrected chi connectivity index (χ1v) is 7.38. The average molecular weight is 352 g/mol. The number of benzene rings is 1. The summed E-state index contributed by atoms with van der Waals surface area (Å²) in [5.74, 6) is -0.961. The van der Waals surface area contributed by atoms with Crippen molar-refractivity contribution in [1.29, 1.82) is 0 Å². The molecule has 1 aromatic heterocycles. The summed E-state index contributed by atoms with van der Waals surface area (Å²) in [4.78, 5) is 27.1. The average Bonchev–Trinajstić information content (AvgIpc) is 2.59. The second-order valence-corrected chi connectivity index (χ2v) is 5.09. The summed E-state index contributed by atoms with van der Waals surface area (Å²) >= 11 is 0. The summed E-state index contributed by atoms with van der Waals surface area (Å²) in [7, 11) is 0. The number of carbonyl (C=O) groups excluding carboxylic acids is 2. The Morgan fingerprint density at radius 1 is 1.20 bits per heavy atom. The second kappa shape index (κ2) is 7.78. The van der Waals surface area contributed by atoms with E-state index in [2.05, 4.69) is 10.3 Å². The van der Waals surface area contributed by atoms with Gasteiger partial charge in [0.05, 0.1) is 16.8 Å². The third kappa shape index (κ3) is 5.30. The number of hydrogen-bond donors (Lipinski definition) is 1. The lowest BCUT2D eigenvalue weighted by molar-refractivity contribution is -0.144. The molecule has 1 heterocycles. The molecule has 0 aliphatic heterocycles. The summed E-state index contributed by atoms with van der Waals surface area (Å²) in [6.07, 6.45) is -2.98. The number of ether oxygens (including phenoxy) is 1. The van der Waals surface area contributed by atoms with Crippen LogP contribution >= 0.6 is 0 Å². The number of nitrogens with one attached hydrogen (secondary N) is 1. The molecule has 0 spiro atoms. The van der Waals surface area contributed by atoms with Crippen LogP contribution in [0.25, 0.3) is 0 Å². The molecular weight excluding hydrogens is 337 g/mol. The van der Waals surface area contributed by atoms with Gasteiger partial charge in [-0.25, -0.2) is 0 Å². The van der Waals surface area contributed by atoms with Crippen molar-refractivity contribution in [3.05, 3.63) is 59.4 Å². The van der Waals surface area contributed by atoms with Crippen molar-refractivity contribution in [3.8, 4) is 0 Å². The van der Waals surface area contributed by atoms with E-state index in [0.717, 1.165) is 12.1 Å². The van der Waals surface area contributed by atoms with E-state index in [-0.39, 0.29) is 30.2 Å². The van der Waals surface area contributed by atoms with Gasteiger partial charge in [0, 0.05) is 18.3 Å². The Labute approximate surface area is 141 Å². The van der Waals surface area contributed by atoms with Gasteiger partial charge < -0.3 is 10.1 Å². The first kappa shape index (κ1) is 18.4. The Bertz CT molecular complexity index is 758. The lowest BCUT2D eigenvalue weighted by Crippen LogP contribution is -2.14. The van der Waals surface area contributed by atoms with Crippen LogP contribution < -0.4 is 5.32 Å². The van der Waals surface area contributed by atoms with E-state index in [1.807, 2.05) is 0 Å². The van der Waals surface area contributed by atoms with Crippen LogP contribution in [0.1, 0.15) is 35.0 Å². The van der Waals surface area contributed by atoms with Gasteiger partial charge in [-0.2, -0.15) is 13.2 Å². The fraction of sp³-hybridized carbons (Fsp3) is 0.235. The molecule has 0 atom stereocenters. The quantitative estimate of drug-likeness (QED) is 0.831. The van der Waals surface area contributed by atoms with Gasteiger partial charge in [-0.15, -0.1) is 0 Å². The zero-order valence-electron chi connectivity index (χ0n) is 13.3. The number of nitrogens with zero attached hydrogens (tertiary/aromatic N) is 1. The molecule has 0 aliphatic carbocycles. The van der Waals surface area contributed by atoms with Gasteiger partial charge in [0.25, 0.3) is 5.91 Å². The molecule has 25 heavy (non-hydrogen) atoms. The number of esters is 1. The predicted molar refractivity (Wildman–Crippen MR) is 83.7 cm³/mol. The number of hydrogen-bond acceptors (Lipinski definition) is 4. The number of rotatable bonds is 5. The molecule has 0 saturated heterocycles. The lowest BCUT2D eigenvalue weighted by Gasteiger charge is -2.10. The molecule has 1 aromatic carbocycles. The number of anilines is 1. The maximum Gasteiger partial charge on any atom is 0.416 e. The normalized spacial score (nSPS) is 11.0. The molecule has 0 aliphatic rings. The van der Waals surface area contributed by atoms with Crippen LogP contribution in [-0.4, -0.2) is 16.9 Å². The molecule has 0 fully saturated rings. The highest BCUT2D eigenvalue weighted by atomic mass is 19.4. The number of alkyl halides is 3. The number of pyridine rings is 1. The minimum atomic E-state index is -4.49. The van der Waals surface area contributed by atoms with Crippen molar-refractivity contribution in [2.24, 2.45) is 0 Å². The Kier molecular flexibility index (Phi) is 5.74. The van der Waals surface area contributed by atoms with E-state index in [4.69, 9.17) is 4.74 Å². The smallest absolute Gasteiger partial charge is 0.416 e. The highest BCUT2D eigenvalue weighted by Crippen LogP contribution is 2.30. The van der Waals surface area contributed by atoms with Crippen molar-refractivity contribution in [3.63, 3.8) is 0 Å². The lowest BCUT2D eigenvalue weighted by atomic mass is 10.2. The van der Waals surface area contributed by atoms with Gasteiger partial charge in [-0.3, -0.25) is 14.6 Å². The van der Waals surface area contributed by atoms with Gasteiger partial charge in [0.15, 0.2) is 0 Å². The molecule has 0 bridgehead atoms. The zero-order chi connectivity index (χ0) is 18.4. The molecule has 2 rings (SSSR count). The maximum atomic E-state index is 12.7. The van der Waals surface area contributed by atoms with Crippen LogP contribution in [0.5, 0.6) is 0 Å². The third-order valence-electron chi connectivity index (χ3n) is 3.20. The molecule has 1 amide bonds. The fourth-order valence-electron chi connectivity index (χ4n) is 1.88. The van der Waals surface area contributed by atoms with Crippen LogP contribution in [0.3, 0.4) is 0 Å². The van der Waals surface area contributed by atoms with Crippen LogP contribution in [0, 0.1) is 0 Å². The van der Waals surface area contributed by atoms with Crippen molar-refractivity contribution in [2.75, 3.05) is 5.32 Å². The zero-order valence-corrected chi connectivity index (χ0v) is 13.3. The Balaban J connectivity index is 2.02. The van der Waals surface area contributed by atoms with E-state index < -0.39 is 17.6 Å². The summed E-state index contributed by atoms with van der Waals surface area (Å²) in [6.45, 7) is 1.65. The predicted octanol–water partition coefficient (Wildman–Crippen LogP) is 3.81. The third-order valence-corrected chi connectivity index (χ3v) is 3.20. The first-order chi connectivity index (χ1) is 11.8. The Hall–Kier alpha value is -2.90. The van der Waals surface area contributed by atoms with Gasteiger partial charge in [-0.05, 0) is 30.3 Å². The molecule has 2 aromatic rings. The highest BCUT2D eigenvalue weighted by molar-refractivity contribution is 6.04. The maximum absolute atomic E-state index is 12.7. The molecule has 5 nitrogen and oxygen atoms in total. The van der Waals surface area contributed by atoms with Gasteiger partial charge in [-0.1, -0.05) is 13.0 Å². The summed E-state index contributed by atoms with van der Waals surface area (Å²) in [6, 6.07) is 7.30. The van der Waals surface area contributed by atoms with Gasteiger partial charge in [0.2, 0.25) is 0 Å². The summed E-state index contributed by atoms with van der Waals surface area (Å²) < 4.78 is 42.9. The summed E-state index contributed by atoms with van der Waals surface area (Å²) in [5, 5.41) is 2.39. The molecule has 8 heteroatoms. The monoisotopic (exact) mass is 352 g/mol. The van der Waals surface area contributed by atoms with Crippen LogP contribution in [-0.2, 0) is 22.3 Å². The van der Waals surface area contributed by atoms with Crippen LogP contribution in [0.15, 0.2) is 42.6 Å². The molecule has 0 radical (unpaired) electrons. The van der Waals surface area contributed by atoms with Crippen molar-refractivity contribution < 1.29 is 27.5 Å². The molecule has 1 N–H and O–H groups in total. The van der Waals surface area contributed by atoms with Crippen LogP contribution in [0.2, 0.25) is 0 Å². The molecular formula is C17H15F3N2O3.